The van der Waals surface area contributed by atoms with Gasteiger partial charge in [0.15, 0.2) is 6.61 Å². The molecule has 1 aliphatic carbocycles. The first kappa shape index (κ1) is 20.0. The molecule has 1 aromatic carbocycles. The van der Waals surface area contributed by atoms with E-state index in [1.165, 1.54) is 30.2 Å². The molecular weight excluding hydrogens is 364 g/mol. The van der Waals surface area contributed by atoms with E-state index < -0.39 is 18.5 Å². The van der Waals surface area contributed by atoms with Gasteiger partial charge in [-0.2, -0.15) is 0 Å². The lowest BCUT2D eigenvalue weighted by Crippen LogP contribution is -2.40. The fourth-order valence-corrected chi connectivity index (χ4v) is 3.62. The Morgan fingerprint density at radius 3 is 2.54 bits per heavy atom. The number of benzene rings is 1. The molecule has 0 unspecified atom stereocenters. The van der Waals surface area contributed by atoms with Gasteiger partial charge in [-0.1, -0.05) is 19.3 Å². The molecule has 0 aromatic heterocycles. The van der Waals surface area contributed by atoms with Gasteiger partial charge in [0.05, 0.1) is 23.3 Å². The smallest absolute Gasteiger partial charge is 0.338 e. The molecule has 0 atom stereocenters. The van der Waals surface area contributed by atoms with Gasteiger partial charge in [0.2, 0.25) is 0 Å². The van der Waals surface area contributed by atoms with Gasteiger partial charge >= 0.3 is 5.97 Å². The topological polar surface area (TPSA) is 102 Å². The first-order valence-corrected chi connectivity index (χ1v) is 9.47. The Morgan fingerprint density at radius 2 is 1.82 bits per heavy atom. The van der Waals surface area contributed by atoms with E-state index in [0.717, 1.165) is 32.1 Å². The number of esters is 1. The zero-order chi connectivity index (χ0) is 20.1. The lowest BCUT2D eigenvalue weighted by Gasteiger charge is -2.29. The van der Waals surface area contributed by atoms with E-state index >= 15 is 0 Å². The fourth-order valence-electron chi connectivity index (χ4n) is 3.62. The van der Waals surface area contributed by atoms with Crippen LogP contribution >= 0.6 is 0 Å². The van der Waals surface area contributed by atoms with Crippen LogP contribution in [0.5, 0.6) is 0 Å². The van der Waals surface area contributed by atoms with Crippen molar-refractivity contribution in [3.8, 4) is 0 Å². The second-order valence-electron chi connectivity index (χ2n) is 6.95. The molecule has 3 rings (SSSR count). The number of rotatable bonds is 7. The maximum atomic E-state index is 12.8. The third-order valence-electron chi connectivity index (χ3n) is 5.06. The molecule has 0 radical (unpaired) electrons. The van der Waals surface area contributed by atoms with E-state index in [0.29, 0.717) is 18.7 Å². The molecule has 1 saturated carbocycles. The fraction of sp³-hybridized carbons (Fsp3) is 0.500. The Labute approximate surface area is 163 Å². The molecule has 0 bridgehead atoms. The maximum Gasteiger partial charge on any atom is 0.338 e. The molecule has 3 amide bonds. The number of carbonyl (C=O) groups excluding carboxylic acids is 4. The van der Waals surface area contributed by atoms with Crippen molar-refractivity contribution in [2.45, 2.75) is 38.1 Å². The molecule has 0 saturated heterocycles. The van der Waals surface area contributed by atoms with Crippen molar-refractivity contribution >= 4 is 23.7 Å². The van der Waals surface area contributed by atoms with E-state index in [9.17, 15) is 19.2 Å². The zero-order valence-corrected chi connectivity index (χ0v) is 15.9. The van der Waals surface area contributed by atoms with Crippen LogP contribution in [0, 0.1) is 0 Å². The third kappa shape index (κ3) is 4.22. The molecular formula is C20H24N2O6. The van der Waals surface area contributed by atoms with Gasteiger partial charge in [0.25, 0.3) is 17.7 Å². The minimum atomic E-state index is -0.721. The maximum absolute atomic E-state index is 12.8. The number of nitrogens with one attached hydrogen (secondary N) is 1. The largest absolute Gasteiger partial charge is 0.452 e. The molecule has 28 heavy (non-hydrogen) atoms. The van der Waals surface area contributed by atoms with Crippen LogP contribution in [0.3, 0.4) is 0 Å². The SMILES string of the molecule is COCCNC(=O)COC(=O)c1ccc2c(c1)C(=O)N(C1CCCCC1)C2=O. The van der Waals surface area contributed by atoms with Crippen molar-refractivity contribution in [1.82, 2.24) is 10.2 Å². The number of fused-ring (bicyclic) bond motifs is 1. The van der Waals surface area contributed by atoms with Crippen LogP contribution in [0.1, 0.15) is 63.2 Å². The number of nitrogens with zero attached hydrogens (tertiary/aromatic N) is 1. The molecule has 1 N–H and O–H groups in total. The van der Waals surface area contributed by atoms with Gasteiger partial charge in [0.1, 0.15) is 0 Å². The Hall–Kier alpha value is -2.74. The van der Waals surface area contributed by atoms with Gasteiger partial charge in [-0.05, 0) is 31.0 Å². The standard InChI is InChI=1S/C20H24N2O6/c1-27-10-9-21-17(23)12-28-20(26)13-7-8-15-16(11-13)19(25)22(18(15)24)14-5-3-2-4-6-14/h7-8,11,14H,2-6,9-10,12H2,1H3,(H,21,23). The third-order valence-corrected chi connectivity index (χ3v) is 5.06. The molecule has 1 heterocycles. The zero-order valence-electron chi connectivity index (χ0n) is 15.9. The lowest BCUT2D eigenvalue weighted by atomic mass is 9.94. The number of carbonyl (C=O) groups is 4. The van der Waals surface area contributed by atoms with E-state index in [4.69, 9.17) is 9.47 Å². The molecule has 1 aromatic rings. The molecule has 0 spiro atoms. The van der Waals surface area contributed by atoms with Crippen LogP contribution in [0.4, 0.5) is 0 Å². The van der Waals surface area contributed by atoms with Crippen molar-refractivity contribution < 1.29 is 28.7 Å². The predicted molar refractivity (Wildman–Crippen MR) is 99.0 cm³/mol. The van der Waals surface area contributed by atoms with Crippen LogP contribution in [-0.2, 0) is 14.3 Å². The predicted octanol–water partition coefficient (Wildman–Crippen LogP) is 1.53. The average molecular weight is 388 g/mol. The summed E-state index contributed by atoms with van der Waals surface area (Å²) in [5.74, 6) is -1.83. The molecule has 1 fully saturated rings. The number of amides is 3. The summed E-state index contributed by atoms with van der Waals surface area (Å²) in [5, 5.41) is 2.54. The monoisotopic (exact) mass is 388 g/mol. The van der Waals surface area contributed by atoms with E-state index in [-0.39, 0.29) is 29.0 Å². The van der Waals surface area contributed by atoms with E-state index in [2.05, 4.69) is 5.32 Å². The van der Waals surface area contributed by atoms with E-state index in [1.54, 1.807) is 0 Å². The van der Waals surface area contributed by atoms with Gasteiger partial charge in [0, 0.05) is 19.7 Å². The molecule has 1 aliphatic heterocycles. The molecule has 2 aliphatic rings. The lowest BCUT2D eigenvalue weighted by molar-refractivity contribution is -0.124. The number of ether oxygens (including phenoxy) is 2. The van der Waals surface area contributed by atoms with Gasteiger partial charge in [-0.15, -0.1) is 0 Å². The first-order valence-electron chi connectivity index (χ1n) is 9.47. The number of methoxy groups -OCH3 is 1. The summed E-state index contributed by atoms with van der Waals surface area (Å²) < 4.78 is 9.80. The molecule has 8 heteroatoms. The summed E-state index contributed by atoms with van der Waals surface area (Å²) in [4.78, 5) is 50.6. The van der Waals surface area contributed by atoms with Crippen molar-refractivity contribution in [3.05, 3.63) is 34.9 Å². The van der Waals surface area contributed by atoms with Crippen molar-refractivity contribution in [2.24, 2.45) is 0 Å². The Balaban J connectivity index is 1.65. The summed E-state index contributed by atoms with van der Waals surface area (Å²) in [5.41, 5.74) is 0.661. The van der Waals surface area contributed by atoms with Crippen LogP contribution in [0.15, 0.2) is 18.2 Å². The van der Waals surface area contributed by atoms with Crippen LogP contribution in [0.25, 0.3) is 0 Å². The van der Waals surface area contributed by atoms with E-state index in [1.807, 2.05) is 0 Å². The summed E-state index contributed by atoms with van der Waals surface area (Å²) in [6.45, 7) is 0.248. The van der Waals surface area contributed by atoms with Gasteiger partial charge in [-0.3, -0.25) is 19.3 Å². The number of imide groups is 1. The number of hydrogen-bond acceptors (Lipinski definition) is 6. The Morgan fingerprint density at radius 1 is 1.11 bits per heavy atom. The molecule has 8 nitrogen and oxygen atoms in total. The minimum absolute atomic E-state index is 0.0765. The van der Waals surface area contributed by atoms with Crippen LogP contribution < -0.4 is 5.32 Å². The Kier molecular flexibility index (Phi) is 6.41. The minimum Gasteiger partial charge on any atom is -0.452 e. The Bertz CT molecular complexity index is 785. The van der Waals surface area contributed by atoms with Crippen molar-refractivity contribution in [3.63, 3.8) is 0 Å². The molecule has 150 valence electrons. The van der Waals surface area contributed by atoms with Crippen molar-refractivity contribution in [1.29, 1.82) is 0 Å². The highest BCUT2D eigenvalue weighted by atomic mass is 16.5. The highest BCUT2D eigenvalue weighted by Crippen LogP contribution is 2.31. The summed E-state index contributed by atoms with van der Waals surface area (Å²) in [7, 11) is 1.52. The summed E-state index contributed by atoms with van der Waals surface area (Å²) >= 11 is 0. The van der Waals surface area contributed by atoms with Crippen LogP contribution in [0.2, 0.25) is 0 Å². The van der Waals surface area contributed by atoms with Crippen LogP contribution in [-0.4, -0.2) is 61.5 Å². The van der Waals surface area contributed by atoms with Gasteiger partial charge in [-0.25, -0.2) is 4.79 Å². The average Bonchev–Trinajstić information content (AvgIpc) is 2.97. The quantitative estimate of drug-likeness (QED) is 0.432. The second kappa shape index (κ2) is 8.97. The summed E-state index contributed by atoms with van der Waals surface area (Å²) in [6.07, 6.45) is 4.76. The second-order valence-corrected chi connectivity index (χ2v) is 6.95. The normalized spacial score (nSPS) is 16.8. The summed E-state index contributed by atoms with van der Waals surface area (Å²) in [6, 6.07) is 4.23. The number of hydrogen-bond donors (Lipinski definition) is 1. The van der Waals surface area contributed by atoms with Gasteiger partial charge < -0.3 is 14.8 Å². The first-order chi connectivity index (χ1) is 13.5. The highest BCUT2D eigenvalue weighted by Gasteiger charge is 2.40. The highest BCUT2D eigenvalue weighted by molar-refractivity contribution is 6.22. The van der Waals surface area contributed by atoms with Crippen molar-refractivity contribution in [2.75, 3.05) is 26.9 Å².